The van der Waals surface area contributed by atoms with Crippen LogP contribution in [0.5, 0.6) is 5.75 Å². The van der Waals surface area contributed by atoms with Crippen LogP contribution in [0.25, 0.3) is 0 Å². The van der Waals surface area contributed by atoms with E-state index in [2.05, 4.69) is 44.6 Å². The van der Waals surface area contributed by atoms with E-state index in [0.29, 0.717) is 18.6 Å². The van der Waals surface area contributed by atoms with Gasteiger partial charge in [0, 0.05) is 35.5 Å². The Morgan fingerprint density at radius 2 is 1.51 bits per heavy atom. The molecule has 1 aliphatic heterocycles. The number of esters is 1. The Morgan fingerprint density at radius 3 is 2.17 bits per heavy atom. The number of ether oxygens (including phenoxy) is 2. The van der Waals surface area contributed by atoms with E-state index in [1.807, 2.05) is 30.3 Å². The van der Waals surface area contributed by atoms with Crippen molar-refractivity contribution in [3.8, 4) is 5.75 Å². The summed E-state index contributed by atoms with van der Waals surface area (Å²) in [5.41, 5.74) is 23.7. The topological polar surface area (TPSA) is 226 Å². The quantitative estimate of drug-likeness (QED) is 0.0550. The number of carbonyl (C=O) groups is 3. The first kappa shape index (κ1) is 36.8. The maximum absolute atomic E-state index is 13.3. The van der Waals surface area contributed by atoms with Crippen molar-refractivity contribution in [2.75, 3.05) is 38.3 Å². The number of nitrogens with zero attached hydrogens (tertiary/aromatic N) is 3. The minimum atomic E-state index is -0.990. The van der Waals surface area contributed by atoms with Gasteiger partial charge in [-0.05, 0) is 56.4 Å². The highest BCUT2D eigenvalue weighted by molar-refractivity contribution is 7.99. The summed E-state index contributed by atoms with van der Waals surface area (Å²) in [7, 11) is 1.23. The van der Waals surface area contributed by atoms with Crippen molar-refractivity contribution in [1.82, 2.24) is 10.6 Å². The molecule has 0 spiro atoms. The summed E-state index contributed by atoms with van der Waals surface area (Å²) in [6, 6.07) is 12.1. The number of nitrogens with two attached hydrogens (primary N) is 4. The number of benzene rings is 2. The molecule has 0 saturated carbocycles. The zero-order valence-corrected chi connectivity index (χ0v) is 27.9. The van der Waals surface area contributed by atoms with Crippen LogP contribution in [0.3, 0.4) is 0 Å². The second-order valence-corrected chi connectivity index (χ2v) is 12.0. The normalized spacial score (nSPS) is 12.9. The van der Waals surface area contributed by atoms with Crippen molar-refractivity contribution in [1.29, 1.82) is 0 Å². The van der Waals surface area contributed by atoms with Crippen LogP contribution in [-0.4, -0.2) is 75.1 Å². The standard InChI is InChI=1S/C32H47N9O5S/c1-3-4-7-18-41-24-12-5-6-13-26(24)47-27-15-14-21(19-25(27)41)46-20-28(42)39-22(10-8-16-37-31(33)34)29(43)40-23(30(44)45-2)11-9-17-38-32(35)36/h5-6,12-15,19,22-23H,3-4,7-11,16-18,20H2,1-2H3,(H,39,42)(H,40,43)(H4,33,34,37)(H4,35,36,38)/t22-,23-/m0/s1. The molecule has 3 rings (SSSR count). The summed E-state index contributed by atoms with van der Waals surface area (Å²) in [6.45, 7) is 3.24. The van der Waals surface area contributed by atoms with Gasteiger partial charge in [-0.1, -0.05) is 43.7 Å². The number of para-hydroxylation sites is 1. The van der Waals surface area contributed by atoms with Crippen LogP contribution in [0.4, 0.5) is 11.4 Å². The number of anilines is 2. The van der Waals surface area contributed by atoms with Gasteiger partial charge in [0.1, 0.15) is 17.8 Å². The van der Waals surface area contributed by atoms with Crippen LogP contribution in [0.2, 0.25) is 0 Å². The first-order chi connectivity index (χ1) is 22.6. The van der Waals surface area contributed by atoms with Crippen molar-refractivity contribution in [3.05, 3.63) is 42.5 Å². The molecule has 14 nitrogen and oxygen atoms in total. The maximum atomic E-state index is 13.3. The van der Waals surface area contributed by atoms with Gasteiger partial charge >= 0.3 is 5.97 Å². The zero-order valence-electron chi connectivity index (χ0n) is 27.1. The molecule has 0 aromatic heterocycles. The van der Waals surface area contributed by atoms with Crippen molar-refractivity contribution < 1.29 is 23.9 Å². The van der Waals surface area contributed by atoms with Gasteiger partial charge in [0.2, 0.25) is 5.91 Å². The van der Waals surface area contributed by atoms with E-state index in [4.69, 9.17) is 32.4 Å². The van der Waals surface area contributed by atoms with Gasteiger partial charge in [-0.25, -0.2) is 4.79 Å². The number of guanidine groups is 2. The molecule has 0 fully saturated rings. The summed E-state index contributed by atoms with van der Waals surface area (Å²) >= 11 is 1.70. The molecule has 10 N–H and O–H groups in total. The van der Waals surface area contributed by atoms with Crippen LogP contribution >= 0.6 is 11.8 Å². The van der Waals surface area contributed by atoms with E-state index >= 15 is 0 Å². The summed E-state index contributed by atoms with van der Waals surface area (Å²) < 4.78 is 10.8. The monoisotopic (exact) mass is 669 g/mol. The molecule has 15 heteroatoms. The lowest BCUT2D eigenvalue weighted by atomic mass is 10.1. The third-order valence-corrected chi connectivity index (χ3v) is 8.43. The molecule has 0 unspecified atom stereocenters. The predicted octanol–water partition coefficient (Wildman–Crippen LogP) is 2.11. The molecule has 1 heterocycles. The molecule has 2 aromatic rings. The SMILES string of the molecule is CCCCCN1c2ccccc2Sc2ccc(OCC(=O)N[C@@H](CCCN=C(N)N)C(=O)N[C@@H](CCCN=C(N)N)C(=O)OC)cc21. The average molecular weight is 670 g/mol. The molecule has 2 aromatic carbocycles. The third-order valence-electron chi connectivity index (χ3n) is 7.30. The summed E-state index contributed by atoms with van der Waals surface area (Å²) in [5.74, 6) is -1.32. The lowest BCUT2D eigenvalue weighted by Crippen LogP contribution is -2.52. The van der Waals surface area contributed by atoms with Crippen LogP contribution in [0.1, 0.15) is 51.9 Å². The van der Waals surface area contributed by atoms with Gasteiger partial charge in [-0.3, -0.25) is 19.6 Å². The molecular weight excluding hydrogens is 622 g/mol. The first-order valence-corrected chi connectivity index (χ1v) is 16.5. The maximum Gasteiger partial charge on any atom is 0.328 e. The minimum absolute atomic E-state index is 0.0710. The number of hydrogen-bond acceptors (Lipinski definition) is 9. The summed E-state index contributed by atoms with van der Waals surface area (Å²) in [5, 5.41) is 5.41. The number of hydrogen-bond donors (Lipinski definition) is 6. The van der Waals surface area contributed by atoms with Crippen molar-refractivity contribution in [3.63, 3.8) is 0 Å². The molecule has 0 saturated heterocycles. The number of amides is 2. The number of carbonyl (C=O) groups excluding carboxylic acids is 3. The summed E-state index contributed by atoms with van der Waals surface area (Å²) in [4.78, 5) is 51.3. The van der Waals surface area contributed by atoms with Gasteiger partial charge in [-0.15, -0.1) is 0 Å². The lowest BCUT2D eigenvalue weighted by molar-refractivity contribution is -0.145. The van der Waals surface area contributed by atoms with Crippen LogP contribution in [0.15, 0.2) is 62.2 Å². The van der Waals surface area contributed by atoms with Crippen LogP contribution < -0.4 is 43.2 Å². The van der Waals surface area contributed by atoms with Gasteiger partial charge in [0.25, 0.3) is 5.91 Å². The van der Waals surface area contributed by atoms with E-state index in [1.54, 1.807) is 11.8 Å². The minimum Gasteiger partial charge on any atom is -0.484 e. The van der Waals surface area contributed by atoms with Crippen molar-refractivity contribution in [2.24, 2.45) is 32.9 Å². The molecule has 2 atom stereocenters. The fourth-order valence-corrected chi connectivity index (χ4v) is 6.06. The molecule has 2 amide bonds. The fourth-order valence-electron chi connectivity index (χ4n) is 4.98. The smallest absolute Gasteiger partial charge is 0.328 e. The molecule has 0 radical (unpaired) electrons. The molecule has 47 heavy (non-hydrogen) atoms. The van der Waals surface area contributed by atoms with Gasteiger partial charge in [0.05, 0.1) is 18.5 Å². The van der Waals surface area contributed by atoms with Gasteiger partial charge in [-0.2, -0.15) is 0 Å². The lowest BCUT2D eigenvalue weighted by Gasteiger charge is -2.33. The number of rotatable bonds is 19. The van der Waals surface area contributed by atoms with Gasteiger partial charge < -0.3 is 47.9 Å². The fraction of sp³-hybridized carbons (Fsp3) is 0.469. The van der Waals surface area contributed by atoms with E-state index in [9.17, 15) is 14.4 Å². The molecular formula is C32H47N9O5S. The Labute approximate surface area is 280 Å². The zero-order chi connectivity index (χ0) is 34.2. The number of methoxy groups -OCH3 is 1. The second kappa shape index (κ2) is 19.1. The Hall–Kier alpha value is -4.66. The Morgan fingerprint density at radius 1 is 0.851 bits per heavy atom. The highest BCUT2D eigenvalue weighted by atomic mass is 32.2. The van der Waals surface area contributed by atoms with Crippen molar-refractivity contribution in [2.45, 2.75) is 73.7 Å². The Kier molecular flexibility index (Phi) is 15.0. The molecule has 0 bridgehead atoms. The van der Waals surface area contributed by atoms with Crippen LogP contribution in [-0.2, 0) is 19.1 Å². The van der Waals surface area contributed by atoms with Crippen molar-refractivity contribution >= 4 is 52.8 Å². The largest absolute Gasteiger partial charge is 0.484 e. The Bertz CT molecular complexity index is 1410. The van der Waals surface area contributed by atoms with E-state index < -0.39 is 29.9 Å². The number of nitrogens with one attached hydrogen (secondary N) is 2. The summed E-state index contributed by atoms with van der Waals surface area (Å²) in [6.07, 6.45) is 4.52. The highest BCUT2D eigenvalue weighted by Crippen LogP contribution is 2.49. The van der Waals surface area contributed by atoms with E-state index in [1.165, 1.54) is 12.0 Å². The number of aliphatic imine (C=N–C) groups is 2. The average Bonchev–Trinajstić information content (AvgIpc) is 3.05. The van der Waals surface area contributed by atoms with E-state index in [0.717, 1.165) is 42.1 Å². The molecule has 1 aliphatic rings. The molecule has 0 aliphatic carbocycles. The van der Waals surface area contributed by atoms with Crippen LogP contribution in [0, 0.1) is 0 Å². The highest BCUT2D eigenvalue weighted by Gasteiger charge is 2.28. The number of fused-ring (bicyclic) bond motifs is 2. The predicted molar refractivity (Wildman–Crippen MR) is 185 cm³/mol. The Balaban J connectivity index is 1.68. The van der Waals surface area contributed by atoms with Gasteiger partial charge in [0.15, 0.2) is 18.5 Å². The number of unbranched alkanes of at least 4 members (excludes halogenated alkanes) is 2. The van der Waals surface area contributed by atoms with E-state index in [-0.39, 0.29) is 44.5 Å². The third kappa shape index (κ3) is 11.9. The first-order valence-electron chi connectivity index (χ1n) is 15.7. The second-order valence-electron chi connectivity index (χ2n) is 10.9. The molecule has 256 valence electrons.